The highest BCUT2D eigenvalue weighted by atomic mass is 35.5. The van der Waals surface area contributed by atoms with Gasteiger partial charge in [-0.1, -0.05) is 31.5 Å². The summed E-state index contributed by atoms with van der Waals surface area (Å²) >= 11 is 6.37. The van der Waals surface area contributed by atoms with E-state index in [9.17, 15) is 0 Å². The van der Waals surface area contributed by atoms with Crippen molar-refractivity contribution in [2.24, 2.45) is 5.92 Å². The number of nitrogens with one attached hydrogen (secondary N) is 1. The van der Waals surface area contributed by atoms with Gasteiger partial charge >= 0.3 is 0 Å². The third kappa shape index (κ3) is 3.58. The summed E-state index contributed by atoms with van der Waals surface area (Å²) in [6.45, 7) is 10.0. The predicted octanol–water partition coefficient (Wildman–Crippen LogP) is 3.28. The van der Waals surface area contributed by atoms with Gasteiger partial charge in [-0.25, -0.2) is 9.67 Å². The third-order valence-corrected chi connectivity index (χ3v) is 3.30. The molecule has 0 aliphatic carbocycles. The lowest BCUT2D eigenvalue weighted by Crippen LogP contribution is -2.19. The Kier molecular flexibility index (Phi) is 4.78. The molecule has 0 radical (unpaired) electrons. The first-order valence-electron chi connectivity index (χ1n) is 6.87. The molecule has 0 atom stereocenters. The van der Waals surface area contributed by atoms with Crippen LogP contribution in [0.15, 0.2) is 18.2 Å². The van der Waals surface area contributed by atoms with Crippen LogP contribution in [0.4, 0.5) is 0 Å². The van der Waals surface area contributed by atoms with Crippen LogP contribution in [0, 0.1) is 19.8 Å². The second kappa shape index (κ2) is 6.37. The molecule has 20 heavy (non-hydrogen) atoms. The number of hydrogen-bond acceptors (Lipinski definition) is 3. The fraction of sp³-hybridized carbons (Fsp3) is 0.467. The second-order valence-corrected chi connectivity index (χ2v) is 5.84. The smallest absolute Gasteiger partial charge is 0.148 e. The first kappa shape index (κ1) is 15.0. The van der Waals surface area contributed by atoms with Crippen LogP contribution in [0.2, 0.25) is 5.02 Å². The molecule has 5 heteroatoms. The van der Waals surface area contributed by atoms with E-state index in [1.807, 2.05) is 26.0 Å². The summed E-state index contributed by atoms with van der Waals surface area (Å²) in [7, 11) is 0. The number of aromatic nitrogens is 3. The molecule has 4 nitrogen and oxygen atoms in total. The van der Waals surface area contributed by atoms with Gasteiger partial charge < -0.3 is 5.32 Å². The van der Waals surface area contributed by atoms with Gasteiger partial charge in [0.25, 0.3) is 0 Å². The van der Waals surface area contributed by atoms with Crippen LogP contribution >= 0.6 is 11.6 Å². The zero-order valence-electron chi connectivity index (χ0n) is 12.4. The third-order valence-electron chi connectivity index (χ3n) is 3.00. The second-order valence-electron chi connectivity index (χ2n) is 5.43. The Morgan fingerprint density at radius 1 is 1.30 bits per heavy atom. The molecule has 0 saturated carbocycles. The van der Waals surface area contributed by atoms with E-state index in [1.165, 1.54) is 5.56 Å². The van der Waals surface area contributed by atoms with E-state index in [1.54, 1.807) is 4.68 Å². The monoisotopic (exact) mass is 292 g/mol. The highest BCUT2D eigenvalue weighted by Crippen LogP contribution is 2.22. The molecule has 0 aliphatic heterocycles. The number of aryl methyl sites for hydroxylation is 2. The standard InChI is InChI=1S/C15H21ClN4/c1-10(2)8-17-9-13-5-6-15(14(16)7-13)20-12(4)18-11(3)19-20/h5-7,10,17H,8-9H2,1-4H3. The number of rotatable bonds is 5. The van der Waals surface area contributed by atoms with Gasteiger partial charge in [0.2, 0.25) is 0 Å². The average Bonchev–Trinajstić information content (AvgIpc) is 2.68. The van der Waals surface area contributed by atoms with Gasteiger partial charge in [0.1, 0.15) is 11.6 Å². The first-order chi connectivity index (χ1) is 9.47. The van der Waals surface area contributed by atoms with Crippen molar-refractivity contribution in [1.29, 1.82) is 0 Å². The van der Waals surface area contributed by atoms with Crippen molar-refractivity contribution in [2.75, 3.05) is 6.54 Å². The van der Waals surface area contributed by atoms with Gasteiger partial charge in [-0.3, -0.25) is 0 Å². The van der Waals surface area contributed by atoms with Crippen LogP contribution in [0.3, 0.4) is 0 Å². The Labute approximate surface area is 125 Å². The molecule has 0 unspecified atom stereocenters. The average molecular weight is 293 g/mol. The van der Waals surface area contributed by atoms with Crippen molar-refractivity contribution in [2.45, 2.75) is 34.2 Å². The number of halogens is 1. The van der Waals surface area contributed by atoms with Crippen molar-refractivity contribution < 1.29 is 0 Å². The minimum atomic E-state index is 0.644. The zero-order chi connectivity index (χ0) is 14.7. The van der Waals surface area contributed by atoms with Gasteiger partial charge in [0.15, 0.2) is 0 Å². The molecular formula is C15H21ClN4. The zero-order valence-corrected chi connectivity index (χ0v) is 13.2. The molecule has 0 amide bonds. The molecule has 1 aromatic carbocycles. The highest BCUT2D eigenvalue weighted by Gasteiger charge is 2.09. The van der Waals surface area contributed by atoms with Crippen molar-refractivity contribution in [3.05, 3.63) is 40.4 Å². The summed E-state index contributed by atoms with van der Waals surface area (Å²) in [5.74, 6) is 2.24. The number of hydrogen-bond donors (Lipinski definition) is 1. The van der Waals surface area contributed by atoms with Gasteiger partial charge in [0.05, 0.1) is 10.7 Å². The fourth-order valence-electron chi connectivity index (χ4n) is 2.09. The molecule has 108 valence electrons. The van der Waals surface area contributed by atoms with Crippen molar-refractivity contribution in [3.8, 4) is 5.69 Å². The molecule has 0 fully saturated rings. The van der Waals surface area contributed by atoms with Crippen LogP contribution < -0.4 is 5.32 Å². The lowest BCUT2D eigenvalue weighted by Gasteiger charge is -2.10. The minimum Gasteiger partial charge on any atom is -0.312 e. The highest BCUT2D eigenvalue weighted by molar-refractivity contribution is 6.32. The van der Waals surface area contributed by atoms with E-state index in [0.29, 0.717) is 10.9 Å². The first-order valence-corrected chi connectivity index (χ1v) is 7.25. The van der Waals surface area contributed by atoms with E-state index < -0.39 is 0 Å². The summed E-state index contributed by atoms with van der Waals surface area (Å²) in [5.41, 5.74) is 2.05. The van der Waals surface area contributed by atoms with Crippen LogP contribution in [-0.4, -0.2) is 21.3 Å². The van der Waals surface area contributed by atoms with Crippen molar-refractivity contribution >= 4 is 11.6 Å². The number of nitrogens with zero attached hydrogens (tertiary/aromatic N) is 3. The largest absolute Gasteiger partial charge is 0.312 e. The van der Waals surface area contributed by atoms with Crippen LogP contribution in [0.1, 0.15) is 31.1 Å². The molecule has 1 N–H and O–H groups in total. The lowest BCUT2D eigenvalue weighted by atomic mass is 10.2. The summed E-state index contributed by atoms with van der Waals surface area (Å²) in [6, 6.07) is 6.06. The summed E-state index contributed by atoms with van der Waals surface area (Å²) in [4.78, 5) is 4.30. The normalized spacial score (nSPS) is 11.3. The Balaban J connectivity index is 2.16. The maximum atomic E-state index is 6.37. The van der Waals surface area contributed by atoms with E-state index in [2.05, 4.69) is 35.3 Å². The number of benzene rings is 1. The van der Waals surface area contributed by atoms with E-state index in [0.717, 1.165) is 30.4 Å². The van der Waals surface area contributed by atoms with Gasteiger partial charge in [-0.15, -0.1) is 0 Å². The minimum absolute atomic E-state index is 0.644. The molecule has 2 aromatic rings. The molecule has 0 spiro atoms. The van der Waals surface area contributed by atoms with Gasteiger partial charge in [-0.2, -0.15) is 5.10 Å². The molecule has 2 rings (SSSR count). The molecule has 0 bridgehead atoms. The van der Waals surface area contributed by atoms with Gasteiger partial charge in [0, 0.05) is 6.54 Å². The molecule has 0 saturated heterocycles. The van der Waals surface area contributed by atoms with Crippen LogP contribution in [0.5, 0.6) is 0 Å². The lowest BCUT2D eigenvalue weighted by molar-refractivity contribution is 0.552. The Morgan fingerprint density at radius 3 is 2.60 bits per heavy atom. The SMILES string of the molecule is Cc1nc(C)n(-c2ccc(CNCC(C)C)cc2Cl)n1. The van der Waals surface area contributed by atoms with E-state index >= 15 is 0 Å². The summed E-state index contributed by atoms with van der Waals surface area (Å²) in [6.07, 6.45) is 0. The molecule has 0 aliphatic rings. The maximum absolute atomic E-state index is 6.37. The van der Waals surface area contributed by atoms with Crippen molar-refractivity contribution in [3.63, 3.8) is 0 Å². The summed E-state index contributed by atoms with van der Waals surface area (Å²) in [5, 5.41) is 8.47. The predicted molar refractivity (Wildman–Crippen MR) is 82.4 cm³/mol. The molecule has 1 aromatic heterocycles. The Hall–Kier alpha value is -1.39. The molecule has 1 heterocycles. The van der Waals surface area contributed by atoms with E-state index in [-0.39, 0.29) is 0 Å². The van der Waals surface area contributed by atoms with Crippen LogP contribution in [-0.2, 0) is 6.54 Å². The Bertz CT molecular complexity index is 590. The fourth-order valence-corrected chi connectivity index (χ4v) is 2.37. The van der Waals surface area contributed by atoms with Gasteiger partial charge in [-0.05, 0) is 44.0 Å². The topological polar surface area (TPSA) is 42.7 Å². The van der Waals surface area contributed by atoms with E-state index in [4.69, 9.17) is 11.6 Å². The van der Waals surface area contributed by atoms with Crippen molar-refractivity contribution in [1.82, 2.24) is 20.1 Å². The summed E-state index contributed by atoms with van der Waals surface area (Å²) < 4.78 is 1.78. The quantitative estimate of drug-likeness (QED) is 0.919. The van der Waals surface area contributed by atoms with Crippen LogP contribution in [0.25, 0.3) is 5.69 Å². The molecular weight excluding hydrogens is 272 g/mol. The Morgan fingerprint density at radius 2 is 2.05 bits per heavy atom. The maximum Gasteiger partial charge on any atom is 0.148 e.